The zero-order valence-electron chi connectivity index (χ0n) is 14.5. The maximum atomic E-state index is 12.2. The molecule has 0 saturated heterocycles. The monoisotopic (exact) mass is 381 g/mol. The molecule has 2 aromatic rings. The minimum atomic E-state index is -4.43. The van der Waals surface area contributed by atoms with Crippen LogP contribution >= 0.6 is 0 Å². The number of nitrogens with one attached hydrogen (secondary N) is 1. The first-order chi connectivity index (χ1) is 12.7. The molecule has 0 aliphatic heterocycles. The van der Waals surface area contributed by atoms with E-state index in [1.807, 2.05) is 0 Å². The summed E-state index contributed by atoms with van der Waals surface area (Å²) in [7, 11) is 0. The molecule has 0 spiro atoms. The quantitative estimate of drug-likeness (QED) is 0.754. The number of benzene rings is 2. The van der Waals surface area contributed by atoms with Gasteiger partial charge < -0.3 is 15.2 Å². The first-order valence-corrected chi connectivity index (χ1v) is 8.07. The molecule has 0 aliphatic carbocycles. The average Bonchev–Trinajstić information content (AvgIpc) is 2.58. The predicted octanol–water partition coefficient (Wildman–Crippen LogP) is 4.21. The second kappa shape index (κ2) is 8.57. The fourth-order valence-electron chi connectivity index (χ4n) is 2.47. The molecule has 8 heteroatoms. The Kier molecular flexibility index (Phi) is 6.44. The number of carboxylic acids is 1. The molecule has 0 aliphatic rings. The number of carbonyl (C=O) groups is 2. The van der Waals surface area contributed by atoms with Crippen LogP contribution in [0.1, 0.15) is 27.9 Å². The van der Waals surface area contributed by atoms with E-state index in [1.54, 1.807) is 25.1 Å². The number of aryl methyl sites for hydroxylation is 2. The number of halogens is 3. The molecule has 0 radical (unpaired) electrons. The van der Waals surface area contributed by atoms with Crippen LogP contribution < -0.4 is 10.1 Å². The zero-order chi connectivity index (χ0) is 20.0. The second-order valence-corrected chi connectivity index (χ2v) is 5.89. The Bertz CT molecular complexity index is 834. The van der Waals surface area contributed by atoms with Crippen LogP contribution in [0.5, 0.6) is 5.75 Å². The van der Waals surface area contributed by atoms with Crippen molar-refractivity contribution in [3.8, 4) is 5.75 Å². The van der Waals surface area contributed by atoms with E-state index in [4.69, 9.17) is 9.84 Å². The van der Waals surface area contributed by atoms with Crippen LogP contribution in [-0.2, 0) is 11.2 Å². The first-order valence-electron chi connectivity index (χ1n) is 8.07. The molecule has 0 fully saturated rings. The summed E-state index contributed by atoms with van der Waals surface area (Å²) in [6.07, 6.45) is -4.11. The number of alkyl halides is 3. The standard InChI is InChI=1S/C19H18F3NO4/c1-12-10-14(7-8-16(12)27-11-19(20,21)22)23-17(24)9-6-13-4-2-3-5-15(13)18(25)26/h2-5,7-8,10H,6,9,11H2,1H3,(H,23,24)(H,25,26). The summed E-state index contributed by atoms with van der Waals surface area (Å²) >= 11 is 0. The van der Waals surface area contributed by atoms with E-state index in [0.29, 0.717) is 16.8 Å². The number of carboxylic acid groups (broad SMARTS) is 1. The number of hydrogen-bond donors (Lipinski definition) is 2. The SMILES string of the molecule is Cc1cc(NC(=O)CCc2ccccc2C(=O)O)ccc1OCC(F)(F)F. The van der Waals surface area contributed by atoms with Crippen LogP contribution in [0.4, 0.5) is 18.9 Å². The van der Waals surface area contributed by atoms with Crippen molar-refractivity contribution in [3.05, 3.63) is 59.2 Å². The number of rotatable bonds is 7. The van der Waals surface area contributed by atoms with E-state index >= 15 is 0 Å². The summed E-state index contributed by atoms with van der Waals surface area (Å²) in [5.74, 6) is -1.31. The van der Waals surface area contributed by atoms with E-state index < -0.39 is 18.8 Å². The molecule has 0 bridgehead atoms. The highest BCUT2D eigenvalue weighted by molar-refractivity contribution is 5.92. The molecule has 2 N–H and O–H groups in total. The number of ether oxygens (including phenoxy) is 1. The second-order valence-electron chi connectivity index (χ2n) is 5.89. The Labute approximate surface area is 153 Å². The molecule has 2 aromatic carbocycles. The molecule has 144 valence electrons. The van der Waals surface area contributed by atoms with Crippen LogP contribution in [0.25, 0.3) is 0 Å². The molecule has 5 nitrogen and oxygen atoms in total. The number of aromatic carboxylic acids is 1. The van der Waals surface area contributed by atoms with Crippen molar-refractivity contribution in [2.24, 2.45) is 0 Å². The van der Waals surface area contributed by atoms with Gasteiger partial charge in [-0.3, -0.25) is 4.79 Å². The summed E-state index contributed by atoms with van der Waals surface area (Å²) in [5, 5.41) is 11.8. The van der Waals surface area contributed by atoms with Gasteiger partial charge in [0.2, 0.25) is 5.91 Å². The van der Waals surface area contributed by atoms with Gasteiger partial charge in [-0.15, -0.1) is 0 Å². The molecule has 27 heavy (non-hydrogen) atoms. The van der Waals surface area contributed by atoms with Crippen LogP contribution in [0.2, 0.25) is 0 Å². The number of hydrogen-bond acceptors (Lipinski definition) is 3. The molecular formula is C19H18F3NO4. The van der Waals surface area contributed by atoms with Gasteiger partial charge in [-0.1, -0.05) is 18.2 Å². The summed E-state index contributed by atoms with van der Waals surface area (Å²) in [6, 6.07) is 10.7. The van der Waals surface area contributed by atoms with Crippen molar-refractivity contribution in [2.45, 2.75) is 25.9 Å². The summed E-state index contributed by atoms with van der Waals surface area (Å²) in [5.41, 5.74) is 1.57. The Morgan fingerprint density at radius 1 is 1.15 bits per heavy atom. The normalized spacial score (nSPS) is 11.1. The Balaban J connectivity index is 1.94. The molecule has 1 amide bonds. The van der Waals surface area contributed by atoms with Gasteiger partial charge in [-0.25, -0.2) is 4.79 Å². The summed E-state index contributed by atoms with van der Waals surface area (Å²) < 4.78 is 41.3. The Morgan fingerprint density at radius 3 is 2.48 bits per heavy atom. The topological polar surface area (TPSA) is 75.6 Å². The third-order valence-corrected chi connectivity index (χ3v) is 3.72. The lowest BCUT2D eigenvalue weighted by Crippen LogP contribution is -2.19. The molecule has 0 unspecified atom stereocenters. The lowest BCUT2D eigenvalue weighted by Gasteiger charge is -2.13. The molecular weight excluding hydrogens is 363 g/mol. The van der Waals surface area contributed by atoms with E-state index in [9.17, 15) is 22.8 Å². The van der Waals surface area contributed by atoms with Crippen molar-refractivity contribution in [1.29, 1.82) is 0 Å². The van der Waals surface area contributed by atoms with Gasteiger partial charge in [-0.2, -0.15) is 13.2 Å². The highest BCUT2D eigenvalue weighted by atomic mass is 19.4. The van der Waals surface area contributed by atoms with Gasteiger partial charge >= 0.3 is 12.1 Å². The van der Waals surface area contributed by atoms with Crippen LogP contribution in [0, 0.1) is 6.92 Å². The van der Waals surface area contributed by atoms with Crippen molar-refractivity contribution < 1.29 is 32.6 Å². The third kappa shape index (κ3) is 6.32. The van der Waals surface area contributed by atoms with E-state index in [-0.39, 0.29) is 30.1 Å². The van der Waals surface area contributed by atoms with Crippen molar-refractivity contribution >= 4 is 17.6 Å². The zero-order valence-corrected chi connectivity index (χ0v) is 14.5. The maximum absolute atomic E-state index is 12.2. The lowest BCUT2D eigenvalue weighted by molar-refractivity contribution is -0.153. The molecule has 0 saturated carbocycles. The fraction of sp³-hybridized carbons (Fsp3) is 0.263. The van der Waals surface area contributed by atoms with E-state index in [0.717, 1.165) is 0 Å². The molecule has 0 aromatic heterocycles. The summed E-state index contributed by atoms with van der Waals surface area (Å²) in [4.78, 5) is 23.2. The van der Waals surface area contributed by atoms with Gasteiger partial charge in [0.05, 0.1) is 5.56 Å². The van der Waals surface area contributed by atoms with Crippen molar-refractivity contribution in [3.63, 3.8) is 0 Å². The molecule has 0 heterocycles. The van der Waals surface area contributed by atoms with Gasteiger partial charge in [0, 0.05) is 12.1 Å². The van der Waals surface area contributed by atoms with Gasteiger partial charge in [0.25, 0.3) is 0 Å². The highest BCUT2D eigenvalue weighted by Crippen LogP contribution is 2.24. The predicted molar refractivity (Wildman–Crippen MR) is 93.1 cm³/mol. The smallest absolute Gasteiger partial charge is 0.422 e. The number of amides is 1. The van der Waals surface area contributed by atoms with Crippen molar-refractivity contribution in [2.75, 3.05) is 11.9 Å². The van der Waals surface area contributed by atoms with Crippen LogP contribution in [-0.4, -0.2) is 29.8 Å². The van der Waals surface area contributed by atoms with Gasteiger partial charge in [0.1, 0.15) is 5.75 Å². The third-order valence-electron chi connectivity index (χ3n) is 3.72. The Hall–Kier alpha value is -3.03. The number of carbonyl (C=O) groups excluding carboxylic acids is 1. The fourth-order valence-corrected chi connectivity index (χ4v) is 2.47. The van der Waals surface area contributed by atoms with E-state index in [2.05, 4.69) is 5.32 Å². The summed E-state index contributed by atoms with van der Waals surface area (Å²) in [6.45, 7) is 0.188. The largest absolute Gasteiger partial charge is 0.484 e. The van der Waals surface area contributed by atoms with Gasteiger partial charge in [0.15, 0.2) is 6.61 Å². The molecule has 2 rings (SSSR count). The minimum absolute atomic E-state index is 0.0651. The van der Waals surface area contributed by atoms with Crippen LogP contribution in [0.3, 0.4) is 0 Å². The maximum Gasteiger partial charge on any atom is 0.422 e. The molecule has 0 atom stereocenters. The lowest BCUT2D eigenvalue weighted by atomic mass is 10.0. The Morgan fingerprint density at radius 2 is 1.85 bits per heavy atom. The van der Waals surface area contributed by atoms with Crippen molar-refractivity contribution in [1.82, 2.24) is 0 Å². The van der Waals surface area contributed by atoms with E-state index in [1.165, 1.54) is 24.3 Å². The average molecular weight is 381 g/mol. The van der Waals surface area contributed by atoms with Crippen LogP contribution in [0.15, 0.2) is 42.5 Å². The minimum Gasteiger partial charge on any atom is -0.484 e. The number of anilines is 1. The highest BCUT2D eigenvalue weighted by Gasteiger charge is 2.28. The first kappa shape index (κ1) is 20.3. The van der Waals surface area contributed by atoms with Gasteiger partial charge in [-0.05, 0) is 48.7 Å².